The molecule has 1 fully saturated rings. The van der Waals surface area contributed by atoms with Crippen molar-refractivity contribution < 1.29 is 14.6 Å². The van der Waals surface area contributed by atoms with Gasteiger partial charge in [-0.2, -0.15) is 0 Å². The van der Waals surface area contributed by atoms with Gasteiger partial charge >= 0.3 is 5.97 Å². The lowest BCUT2D eigenvalue weighted by Crippen LogP contribution is -2.20. The van der Waals surface area contributed by atoms with Gasteiger partial charge in [-0.15, -0.1) is 0 Å². The third kappa shape index (κ3) is 4.65. The Morgan fingerprint density at radius 3 is 2.53 bits per heavy atom. The lowest BCUT2D eigenvalue weighted by atomic mass is 10.0. The van der Waals surface area contributed by atoms with E-state index in [-0.39, 0.29) is 18.5 Å². The van der Waals surface area contributed by atoms with E-state index < -0.39 is 6.10 Å². The molecular formula is C12H22O3. The lowest BCUT2D eigenvalue weighted by molar-refractivity contribution is -0.142. The number of aliphatic hydroxyl groups is 1. The largest absolute Gasteiger partial charge is 0.460 e. The van der Waals surface area contributed by atoms with Crippen molar-refractivity contribution in [1.82, 2.24) is 0 Å². The monoisotopic (exact) mass is 214 g/mol. The number of hydrogen-bond donors (Lipinski definition) is 1. The van der Waals surface area contributed by atoms with Gasteiger partial charge in [-0.25, -0.2) is 0 Å². The molecule has 0 unspecified atom stereocenters. The van der Waals surface area contributed by atoms with Gasteiger partial charge in [-0.05, 0) is 12.8 Å². The molecule has 0 amide bonds. The Labute approximate surface area is 91.8 Å². The van der Waals surface area contributed by atoms with Gasteiger partial charge in [0, 0.05) is 0 Å². The summed E-state index contributed by atoms with van der Waals surface area (Å²) < 4.78 is 5.01. The van der Waals surface area contributed by atoms with E-state index in [1.807, 2.05) is 0 Å². The molecule has 2 atom stereocenters. The van der Waals surface area contributed by atoms with Crippen molar-refractivity contribution in [2.75, 3.05) is 0 Å². The Morgan fingerprint density at radius 1 is 1.27 bits per heavy atom. The molecule has 0 saturated carbocycles. The molecule has 3 heteroatoms. The lowest BCUT2D eigenvalue weighted by Gasteiger charge is -2.12. The second kappa shape index (κ2) is 6.83. The number of ether oxygens (including phenoxy) is 1. The second-order valence-corrected chi connectivity index (χ2v) is 4.36. The highest BCUT2D eigenvalue weighted by molar-refractivity contribution is 5.72. The van der Waals surface area contributed by atoms with Gasteiger partial charge < -0.3 is 9.84 Å². The molecule has 0 radical (unpaired) electrons. The Bertz CT molecular complexity index is 191. The zero-order chi connectivity index (χ0) is 11.1. The molecule has 1 saturated heterocycles. The van der Waals surface area contributed by atoms with E-state index in [0.717, 1.165) is 12.8 Å². The van der Waals surface area contributed by atoms with Crippen molar-refractivity contribution in [2.24, 2.45) is 0 Å². The Balaban J connectivity index is 1.98. The van der Waals surface area contributed by atoms with Crippen molar-refractivity contribution in [3.05, 3.63) is 0 Å². The quantitative estimate of drug-likeness (QED) is 0.523. The van der Waals surface area contributed by atoms with Crippen LogP contribution in [-0.4, -0.2) is 23.3 Å². The average Bonchev–Trinajstić information content (AvgIpc) is 2.51. The van der Waals surface area contributed by atoms with Crippen LogP contribution in [0, 0.1) is 0 Å². The predicted octanol–water partition coefficient (Wildman–Crippen LogP) is 2.41. The number of rotatable bonds is 7. The average molecular weight is 214 g/mol. The van der Waals surface area contributed by atoms with Crippen LogP contribution in [0.15, 0.2) is 0 Å². The standard InChI is InChI=1S/C12H22O3/c1-2-3-4-5-6-7-8-11-10(13)9-12(14)15-11/h10-11,13H,2-9H2,1H3/t10-,11-/m0/s1. The van der Waals surface area contributed by atoms with Crippen LogP contribution in [0.1, 0.15) is 58.3 Å². The zero-order valence-corrected chi connectivity index (χ0v) is 9.58. The molecule has 1 aliphatic heterocycles. The van der Waals surface area contributed by atoms with Crippen LogP contribution < -0.4 is 0 Å². The number of cyclic esters (lactones) is 1. The number of aliphatic hydroxyl groups excluding tert-OH is 1. The molecule has 1 heterocycles. The maximum atomic E-state index is 10.9. The number of esters is 1. The van der Waals surface area contributed by atoms with Gasteiger partial charge in [0.25, 0.3) is 0 Å². The van der Waals surface area contributed by atoms with Crippen molar-refractivity contribution in [3.8, 4) is 0 Å². The fourth-order valence-electron chi connectivity index (χ4n) is 1.97. The minimum Gasteiger partial charge on any atom is -0.460 e. The first-order valence-corrected chi connectivity index (χ1v) is 6.11. The number of unbranched alkanes of at least 4 members (excludes halogenated alkanes) is 5. The first-order valence-electron chi connectivity index (χ1n) is 6.11. The molecule has 1 aliphatic rings. The second-order valence-electron chi connectivity index (χ2n) is 4.36. The van der Waals surface area contributed by atoms with E-state index in [9.17, 15) is 9.90 Å². The molecule has 0 aromatic rings. The van der Waals surface area contributed by atoms with Gasteiger partial charge in [0.05, 0.1) is 6.42 Å². The van der Waals surface area contributed by atoms with Crippen LogP contribution in [0.5, 0.6) is 0 Å². The van der Waals surface area contributed by atoms with Gasteiger partial charge in [0.2, 0.25) is 0 Å². The highest BCUT2D eigenvalue weighted by atomic mass is 16.6. The highest BCUT2D eigenvalue weighted by Crippen LogP contribution is 2.20. The van der Waals surface area contributed by atoms with E-state index in [1.165, 1.54) is 32.1 Å². The number of carbonyl (C=O) groups is 1. The van der Waals surface area contributed by atoms with Gasteiger partial charge in [-0.3, -0.25) is 4.79 Å². The van der Waals surface area contributed by atoms with Crippen LogP contribution in [0.25, 0.3) is 0 Å². The van der Waals surface area contributed by atoms with Crippen LogP contribution in [0.2, 0.25) is 0 Å². The first-order chi connectivity index (χ1) is 7.24. The highest BCUT2D eigenvalue weighted by Gasteiger charge is 2.32. The minimum atomic E-state index is -0.562. The van der Waals surface area contributed by atoms with Gasteiger partial charge in [0.15, 0.2) is 0 Å². The topological polar surface area (TPSA) is 46.5 Å². The molecule has 88 valence electrons. The van der Waals surface area contributed by atoms with Gasteiger partial charge in [-0.1, -0.05) is 39.0 Å². The Morgan fingerprint density at radius 2 is 1.93 bits per heavy atom. The third-order valence-corrected chi connectivity index (χ3v) is 2.93. The van der Waals surface area contributed by atoms with E-state index in [0.29, 0.717) is 0 Å². The number of carbonyl (C=O) groups excluding carboxylic acids is 1. The summed E-state index contributed by atoms with van der Waals surface area (Å²) in [5, 5.41) is 9.45. The summed E-state index contributed by atoms with van der Waals surface area (Å²) in [6, 6.07) is 0. The van der Waals surface area contributed by atoms with E-state index in [4.69, 9.17) is 4.74 Å². The summed E-state index contributed by atoms with van der Waals surface area (Å²) in [5.74, 6) is -0.251. The molecule has 0 aromatic heterocycles. The fraction of sp³-hybridized carbons (Fsp3) is 0.917. The number of hydrogen-bond acceptors (Lipinski definition) is 3. The Kier molecular flexibility index (Phi) is 5.69. The van der Waals surface area contributed by atoms with Crippen LogP contribution >= 0.6 is 0 Å². The summed E-state index contributed by atoms with van der Waals surface area (Å²) >= 11 is 0. The third-order valence-electron chi connectivity index (χ3n) is 2.93. The predicted molar refractivity (Wildman–Crippen MR) is 58.5 cm³/mol. The summed E-state index contributed by atoms with van der Waals surface area (Å²) in [5.41, 5.74) is 0. The summed E-state index contributed by atoms with van der Waals surface area (Å²) in [6.07, 6.45) is 7.56. The van der Waals surface area contributed by atoms with Crippen LogP contribution in [0.4, 0.5) is 0 Å². The summed E-state index contributed by atoms with van der Waals surface area (Å²) in [4.78, 5) is 10.9. The molecule has 0 aliphatic carbocycles. The summed E-state index contributed by atoms with van der Waals surface area (Å²) in [7, 11) is 0. The molecule has 1 N–H and O–H groups in total. The van der Waals surface area contributed by atoms with Crippen molar-refractivity contribution in [1.29, 1.82) is 0 Å². The fourth-order valence-corrected chi connectivity index (χ4v) is 1.97. The van der Waals surface area contributed by atoms with Crippen molar-refractivity contribution in [2.45, 2.75) is 70.5 Å². The summed E-state index contributed by atoms with van der Waals surface area (Å²) in [6.45, 7) is 2.20. The van der Waals surface area contributed by atoms with Crippen molar-refractivity contribution >= 4 is 5.97 Å². The smallest absolute Gasteiger partial charge is 0.308 e. The van der Waals surface area contributed by atoms with Crippen LogP contribution in [0.3, 0.4) is 0 Å². The van der Waals surface area contributed by atoms with Crippen molar-refractivity contribution in [3.63, 3.8) is 0 Å². The van der Waals surface area contributed by atoms with E-state index in [2.05, 4.69) is 6.92 Å². The van der Waals surface area contributed by atoms with Gasteiger partial charge in [0.1, 0.15) is 12.2 Å². The normalized spacial score (nSPS) is 25.6. The molecule has 0 bridgehead atoms. The first kappa shape index (κ1) is 12.5. The minimum absolute atomic E-state index is 0.181. The SMILES string of the molecule is CCCCCCCC[C@@H]1OC(=O)C[C@@H]1O. The molecule has 0 spiro atoms. The zero-order valence-electron chi connectivity index (χ0n) is 9.58. The molecule has 0 aromatic carbocycles. The van der Waals surface area contributed by atoms with E-state index in [1.54, 1.807) is 0 Å². The van der Waals surface area contributed by atoms with Crippen LogP contribution in [-0.2, 0) is 9.53 Å². The maximum Gasteiger partial charge on any atom is 0.308 e. The Hall–Kier alpha value is -0.570. The molecular weight excluding hydrogens is 192 g/mol. The molecule has 1 rings (SSSR count). The van der Waals surface area contributed by atoms with E-state index >= 15 is 0 Å². The molecule has 3 nitrogen and oxygen atoms in total. The maximum absolute atomic E-state index is 10.9. The molecule has 15 heavy (non-hydrogen) atoms.